The molecule has 31 heavy (non-hydrogen) atoms. The molecule has 164 valence electrons. The van der Waals surface area contributed by atoms with Gasteiger partial charge in [-0.15, -0.1) is 11.3 Å². The van der Waals surface area contributed by atoms with Crippen LogP contribution in [0.3, 0.4) is 0 Å². The Morgan fingerprint density at radius 2 is 1.97 bits per heavy atom. The van der Waals surface area contributed by atoms with Crippen LogP contribution in [-0.4, -0.2) is 47.7 Å². The molecule has 1 N–H and O–H groups in total. The largest absolute Gasteiger partial charge is 0.494 e. The summed E-state index contributed by atoms with van der Waals surface area (Å²) in [6, 6.07) is 13.6. The van der Waals surface area contributed by atoms with Crippen LogP contribution in [-0.2, 0) is 21.0 Å². The lowest BCUT2D eigenvalue weighted by Crippen LogP contribution is -2.47. The summed E-state index contributed by atoms with van der Waals surface area (Å²) in [7, 11) is 0. The summed E-state index contributed by atoms with van der Waals surface area (Å²) < 4.78 is 5.65. The summed E-state index contributed by atoms with van der Waals surface area (Å²) in [4.78, 5) is 33.6. The van der Waals surface area contributed by atoms with Crippen molar-refractivity contribution < 1.29 is 19.2 Å². The van der Waals surface area contributed by atoms with E-state index in [1.165, 1.54) is 0 Å². The van der Waals surface area contributed by atoms with E-state index < -0.39 is 5.60 Å². The second-order valence-electron chi connectivity index (χ2n) is 7.90. The van der Waals surface area contributed by atoms with E-state index in [2.05, 4.69) is 10.5 Å². The van der Waals surface area contributed by atoms with E-state index in [1.807, 2.05) is 52.7 Å². The van der Waals surface area contributed by atoms with Crippen LogP contribution >= 0.6 is 11.3 Å². The van der Waals surface area contributed by atoms with Crippen LogP contribution in [0.5, 0.6) is 5.75 Å². The number of nitrogens with one attached hydrogen (secondary N) is 1. The number of hydrogen-bond donors (Lipinski definition) is 1. The molecule has 3 heterocycles. The first-order valence-electron chi connectivity index (χ1n) is 10.6. The Hall–Kier alpha value is -2.87. The number of ether oxygens (including phenoxy) is 1. The first kappa shape index (κ1) is 21.4. The zero-order chi connectivity index (χ0) is 21.5. The number of oxime groups is 1. The minimum Gasteiger partial charge on any atom is -0.494 e. The third-order valence-corrected chi connectivity index (χ3v) is 6.56. The van der Waals surface area contributed by atoms with Crippen molar-refractivity contribution in [3.05, 3.63) is 52.7 Å². The van der Waals surface area contributed by atoms with Gasteiger partial charge in [0, 0.05) is 43.6 Å². The summed E-state index contributed by atoms with van der Waals surface area (Å²) in [5.41, 5.74) is -0.0163. The van der Waals surface area contributed by atoms with Crippen LogP contribution < -0.4 is 10.1 Å². The van der Waals surface area contributed by atoms with E-state index in [4.69, 9.17) is 9.57 Å². The molecular weight excluding hydrogens is 414 g/mol. The summed E-state index contributed by atoms with van der Waals surface area (Å²) in [6.07, 6.45) is 3.02. The molecular formula is C23H27N3O4S. The summed E-state index contributed by atoms with van der Waals surface area (Å²) in [5, 5.41) is 8.94. The number of benzene rings is 1. The fraction of sp³-hybridized carbons (Fsp3) is 0.435. The third kappa shape index (κ3) is 5.64. The number of thiophene rings is 1. The van der Waals surface area contributed by atoms with E-state index >= 15 is 0 Å². The minimum atomic E-state index is -0.456. The Bertz CT molecular complexity index is 906. The Kier molecular flexibility index (Phi) is 6.86. The van der Waals surface area contributed by atoms with Gasteiger partial charge in [0.25, 0.3) is 5.91 Å². The van der Waals surface area contributed by atoms with E-state index in [0.717, 1.165) is 10.6 Å². The number of piperidine rings is 1. The molecule has 7 nitrogen and oxygen atoms in total. The van der Waals surface area contributed by atoms with Crippen LogP contribution in [0.1, 0.15) is 37.0 Å². The lowest BCUT2D eigenvalue weighted by Gasteiger charge is -2.37. The van der Waals surface area contributed by atoms with Crippen molar-refractivity contribution in [3.63, 3.8) is 0 Å². The number of para-hydroxylation sites is 1. The van der Waals surface area contributed by atoms with Gasteiger partial charge in [0.1, 0.15) is 17.1 Å². The second kappa shape index (κ2) is 9.96. The summed E-state index contributed by atoms with van der Waals surface area (Å²) in [6.45, 7) is 2.27. The SMILES string of the molecule is O=C(NCc1cccs1)C1=NOC2(CCN(C(=O)CCCOc3ccccc3)CC2)C1. The Labute approximate surface area is 186 Å². The molecule has 1 aromatic heterocycles. The van der Waals surface area contributed by atoms with Crippen LogP contribution in [0.2, 0.25) is 0 Å². The molecule has 1 spiro atoms. The van der Waals surface area contributed by atoms with Crippen LogP contribution in [0.25, 0.3) is 0 Å². The molecule has 0 saturated carbocycles. The molecule has 1 fully saturated rings. The molecule has 2 aliphatic rings. The fourth-order valence-corrected chi connectivity index (χ4v) is 4.49. The van der Waals surface area contributed by atoms with Crippen molar-refractivity contribution in [2.45, 2.75) is 44.2 Å². The highest BCUT2D eigenvalue weighted by Crippen LogP contribution is 2.35. The lowest BCUT2D eigenvalue weighted by molar-refractivity contribution is -0.137. The van der Waals surface area contributed by atoms with Gasteiger partial charge in [0.2, 0.25) is 5.91 Å². The second-order valence-corrected chi connectivity index (χ2v) is 8.93. The molecule has 0 bridgehead atoms. The number of carbonyl (C=O) groups excluding carboxylic acids is 2. The van der Waals surface area contributed by atoms with Gasteiger partial charge in [-0.1, -0.05) is 29.4 Å². The minimum absolute atomic E-state index is 0.138. The van der Waals surface area contributed by atoms with Crippen molar-refractivity contribution in [1.29, 1.82) is 0 Å². The standard InChI is InChI=1S/C23H27N3O4S/c27-21(9-4-14-29-18-6-2-1-3-7-18)26-12-10-23(11-13-26)16-20(25-30-23)22(28)24-17-19-8-5-15-31-19/h1-3,5-8,15H,4,9-14,16-17H2,(H,24,28). The summed E-state index contributed by atoms with van der Waals surface area (Å²) in [5.74, 6) is 0.782. The van der Waals surface area contributed by atoms with Crippen LogP contribution in [0.4, 0.5) is 0 Å². The maximum Gasteiger partial charge on any atom is 0.269 e. The quantitative estimate of drug-likeness (QED) is 0.637. The van der Waals surface area contributed by atoms with Crippen LogP contribution in [0, 0.1) is 0 Å². The van der Waals surface area contributed by atoms with Crippen molar-refractivity contribution in [3.8, 4) is 5.75 Å². The molecule has 1 saturated heterocycles. The monoisotopic (exact) mass is 441 g/mol. The maximum absolute atomic E-state index is 12.5. The highest BCUT2D eigenvalue weighted by Gasteiger charge is 2.44. The molecule has 2 amide bonds. The Morgan fingerprint density at radius 1 is 1.16 bits per heavy atom. The number of likely N-dealkylation sites (tertiary alicyclic amines) is 1. The molecule has 0 aliphatic carbocycles. The molecule has 0 atom stereocenters. The van der Waals surface area contributed by atoms with Gasteiger partial charge < -0.3 is 19.8 Å². The normalized spacial score (nSPS) is 17.2. The van der Waals surface area contributed by atoms with Crippen LogP contribution in [0.15, 0.2) is 53.0 Å². The van der Waals surface area contributed by atoms with Gasteiger partial charge in [0.05, 0.1) is 13.2 Å². The lowest BCUT2D eigenvalue weighted by atomic mass is 9.86. The van der Waals surface area contributed by atoms with E-state index in [1.54, 1.807) is 11.3 Å². The van der Waals surface area contributed by atoms with Gasteiger partial charge in [-0.3, -0.25) is 9.59 Å². The average Bonchev–Trinajstić information content (AvgIpc) is 3.47. The molecule has 8 heteroatoms. The number of nitrogens with zero attached hydrogens (tertiary/aromatic N) is 2. The number of amides is 2. The highest BCUT2D eigenvalue weighted by molar-refractivity contribution is 7.09. The topological polar surface area (TPSA) is 80.2 Å². The zero-order valence-electron chi connectivity index (χ0n) is 17.4. The molecule has 1 aromatic carbocycles. The van der Waals surface area contributed by atoms with E-state index in [0.29, 0.717) is 64.1 Å². The van der Waals surface area contributed by atoms with E-state index in [9.17, 15) is 9.59 Å². The van der Waals surface area contributed by atoms with Gasteiger partial charge >= 0.3 is 0 Å². The third-order valence-electron chi connectivity index (χ3n) is 5.68. The van der Waals surface area contributed by atoms with Crippen molar-refractivity contribution in [2.75, 3.05) is 19.7 Å². The van der Waals surface area contributed by atoms with E-state index in [-0.39, 0.29) is 11.8 Å². The van der Waals surface area contributed by atoms with Gasteiger partial charge in [-0.05, 0) is 30.0 Å². The predicted octanol–water partition coefficient (Wildman–Crippen LogP) is 3.36. The maximum atomic E-state index is 12.5. The predicted molar refractivity (Wildman–Crippen MR) is 119 cm³/mol. The number of hydrogen-bond acceptors (Lipinski definition) is 6. The first-order valence-corrected chi connectivity index (χ1v) is 11.5. The van der Waals surface area contributed by atoms with Gasteiger partial charge in [-0.2, -0.15) is 0 Å². The molecule has 0 radical (unpaired) electrons. The van der Waals surface area contributed by atoms with Gasteiger partial charge in [0.15, 0.2) is 0 Å². The highest BCUT2D eigenvalue weighted by atomic mass is 32.1. The zero-order valence-corrected chi connectivity index (χ0v) is 18.2. The Balaban J connectivity index is 1.15. The fourth-order valence-electron chi connectivity index (χ4n) is 3.85. The van der Waals surface area contributed by atoms with Crippen molar-refractivity contribution in [2.24, 2.45) is 5.16 Å². The molecule has 2 aromatic rings. The van der Waals surface area contributed by atoms with Crippen molar-refractivity contribution in [1.82, 2.24) is 10.2 Å². The van der Waals surface area contributed by atoms with Crippen molar-refractivity contribution >= 4 is 28.9 Å². The first-order chi connectivity index (χ1) is 15.1. The molecule has 2 aliphatic heterocycles. The summed E-state index contributed by atoms with van der Waals surface area (Å²) >= 11 is 1.61. The Morgan fingerprint density at radius 3 is 2.71 bits per heavy atom. The number of rotatable bonds is 8. The molecule has 4 rings (SSSR count). The average molecular weight is 442 g/mol. The number of carbonyl (C=O) groups is 2. The molecule has 0 unspecified atom stereocenters. The smallest absolute Gasteiger partial charge is 0.269 e. The van der Waals surface area contributed by atoms with Gasteiger partial charge in [-0.25, -0.2) is 0 Å².